The summed E-state index contributed by atoms with van der Waals surface area (Å²) in [4.78, 5) is 37.8. The standard InChI is InChI=1S/C19H14FIN2O3S/c20-15-7-2-1-4-12(15)11-16-18(25)23(19(26)27-16)9-8-22-17(24)13-5-3-6-14(21)10-13/h1-7,10-11H,8-9H2,(H,22,24)/b16-11-. The highest BCUT2D eigenvalue weighted by Crippen LogP contribution is 2.32. The van der Waals surface area contributed by atoms with Crippen molar-refractivity contribution in [2.24, 2.45) is 0 Å². The van der Waals surface area contributed by atoms with Crippen LogP contribution >= 0.6 is 34.4 Å². The molecule has 0 aliphatic carbocycles. The second-order valence-corrected chi connectivity index (χ2v) is 7.86. The van der Waals surface area contributed by atoms with Crippen LogP contribution in [0.1, 0.15) is 15.9 Å². The van der Waals surface area contributed by atoms with Crippen LogP contribution in [0.5, 0.6) is 0 Å². The summed E-state index contributed by atoms with van der Waals surface area (Å²) >= 11 is 2.87. The summed E-state index contributed by atoms with van der Waals surface area (Å²) in [5.41, 5.74) is 0.755. The van der Waals surface area contributed by atoms with E-state index in [1.165, 1.54) is 18.2 Å². The normalized spacial score (nSPS) is 15.5. The molecule has 2 aromatic rings. The summed E-state index contributed by atoms with van der Waals surface area (Å²) in [5, 5.41) is 2.25. The van der Waals surface area contributed by atoms with Crippen molar-refractivity contribution in [2.45, 2.75) is 0 Å². The van der Waals surface area contributed by atoms with E-state index in [-0.39, 0.29) is 29.5 Å². The average molecular weight is 496 g/mol. The maximum absolute atomic E-state index is 13.7. The summed E-state index contributed by atoms with van der Waals surface area (Å²) in [5.74, 6) is -1.23. The summed E-state index contributed by atoms with van der Waals surface area (Å²) in [6.45, 7) is 0.185. The largest absolute Gasteiger partial charge is 0.350 e. The molecule has 0 radical (unpaired) electrons. The molecule has 1 aliphatic heterocycles. The van der Waals surface area contributed by atoms with Crippen molar-refractivity contribution in [1.29, 1.82) is 0 Å². The van der Waals surface area contributed by atoms with Gasteiger partial charge in [-0.1, -0.05) is 24.3 Å². The van der Waals surface area contributed by atoms with Crippen LogP contribution < -0.4 is 5.32 Å². The number of imide groups is 1. The Morgan fingerprint density at radius 2 is 1.96 bits per heavy atom. The number of amides is 3. The molecule has 1 fully saturated rings. The first kappa shape index (κ1) is 19.6. The van der Waals surface area contributed by atoms with Gasteiger partial charge in [0.1, 0.15) is 5.82 Å². The summed E-state index contributed by atoms with van der Waals surface area (Å²) in [6.07, 6.45) is 1.37. The Morgan fingerprint density at radius 1 is 1.19 bits per heavy atom. The number of hydrogen-bond donors (Lipinski definition) is 1. The molecule has 27 heavy (non-hydrogen) atoms. The van der Waals surface area contributed by atoms with Crippen LogP contribution in [-0.2, 0) is 4.79 Å². The zero-order valence-electron chi connectivity index (χ0n) is 13.9. The summed E-state index contributed by atoms with van der Waals surface area (Å²) in [7, 11) is 0. The Labute approximate surface area is 173 Å². The van der Waals surface area contributed by atoms with Gasteiger partial charge in [-0.15, -0.1) is 0 Å². The molecule has 1 heterocycles. The van der Waals surface area contributed by atoms with Gasteiger partial charge in [0.2, 0.25) is 0 Å². The van der Waals surface area contributed by atoms with Gasteiger partial charge in [0.25, 0.3) is 17.1 Å². The second-order valence-electron chi connectivity index (χ2n) is 5.62. The molecule has 0 spiro atoms. The van der Waals surface area contributed by atoms with E-state index in [9.17, 15) is 18.8 Å². The van der Waals surface area contributed by atoms with E-state index in [4.69, 9.17) is 0 Å². The van der Waals surface area contributed by atoms with Gasteiger partial charge in [0.15, 0.2) is 0 Å². The molecule has 1 saturated heterocycles. The SMILES string of the molecule is O=C(NCCN1C(=O)S/C(=C\c2ccccc2F)C1=O)c1cccc(I)c1. The van der Waals surface area contributed by atoms with E-state index >= 15 is 0 Å². The Kier molecular flexibility index (Phi) is 6.27. The van der Waals surface area contributed by atoms with Crippen LogP contribution in [0.2, 0.25) is 0 Å². The number of nitrogens with one attached hydrogen (secondary N) is 1. The van der Waals surface area contributed by atoms with Crippen LogP contribution in [0.3, 0.4) is 0 Å². The van der Waals surface area contributed by atoms with Crippen molar-refractivity contribution in [3.63, 3.8) is 0 Å². The Hall–Kier alpha value is -2.20. The monoisotopic (exact) mass is 496 g/mol. The Bertz CT molecular complexity index is 948. The van der Waals surface area contributed by atoms with Crippen molar-refractivity contribution >= 4 is 57.5 Å². The molecular weight excluding hydrogens is 482 g/mol. The third-order valence-electron chi connectivity index (χ3n) is 3.77. The first-order valence-corrected chi connectivity index (χ1v) is 9.89. The fourth-order valence-electron chi connectivity index (χ4n) is 2.44. The molecule has 0 aromatic heterocycles. The molecule has 3 rings (SSSR count). The average Bonchev–Trinajstić information content (AvgIpc) is 2.91. The number of hydrogen-bond acceptors (Lipinski definition) is 4. The third kappa shape index (κ3) is 4.75. The van der Waals surface area contributed by atoms with E-state index in [0.717, 1.165) is 20.2 Å². The molecule has 0 unspecified atom stereocenters. The number of nitrogens with zero attached hydrogens (tertiary/aromatic N) is 1. The molecule has 2 aromatic carbocycles. The van der Waals surface area contributed by atoms with Gasteiger partial charge in [-0.25, -0.2) is 4.39 Å². The number of rotatable bonds is 5. The highest BCUT2D eigenvalue weighted by Gasteiger charge is 2.34. The van der Waals surface area contributed by atoms with E-state index in [1.807, 2.05) is 6.07 Å². The second kappa shape index (κ2) is 8.66. The number of thioether (sulfide) groups is 1. The van der Waals surface area contributed by atoms with E-state index in [1.54, 1.807) is 30.3 Å². The molecule has 8 heteroatoms. The van der Waals surface area contributed by atoms with Gasteiger partial charge in [-0.3, -0.25) is 19.3 Å². The zero-order valence-corrected chi connectivity index (χ0v) is 16.9. The first-order valence-electron chi connectivity index (χ1n) is 7.99. The third-order valence-corrected chi connectivity index (χ3v) is 5.35. The molecule has 0 saturated carbocycles. The predicted octanol–water partition coefficient (Wildman–Crippen LogP) is 3.90. The van der Waals surface area contributed by atoms with Crippen LogP contribution in [0.15, 0.2) is 53.4 Å². The summed E-state index contributed by atoms with van der Waals surface area (Å²) in [6, 6.07) is 13.1. The lowest BCUT2D eigenvalue weighted by atomic mass is 10.2. The molecule has 1 aliphatic rings. The molecule has 1 N–H and O–H groups in total. The van der Waals surface area contributed by atoms with Gasteiger partial charge in [0, 0.05) is 27.8 Å². The summed E-state index contributed by atoms with van der Waals surface area (Å²) < 4.78 is 14.7. The zero-order chi connectivity index (χ0) is 19.4. The maximum atomic E-state index is 13.7. The highest BCUT2D eigenvalue weighted by atomic mass is 127. The van der Waals surface area contributed by atoms with Gasteiger partial charge in [0.05, 0.1) is 4.91 Å². The van der Waals surface area contributed by atoms with Crippen LogP contribution in [0.25, 0.3) is 6.08 Å². The van der Waals surface area contributed by atoms with Gasteiger partial charge in [-0.05, 0) is 64.7 Å². The minimum atomic E-state index is -0.489. The Morgan fingerprint density at radius 3 is 2.70 bits per heavy atom. The lowest BCUT2D eigenvalue weighted by molar-refractivity contribution is -0.122. The maximum Gasteiger partial charge on any atom is 0.293 e. The quantitative estimate of drug-likeness (QED) is 0.504. The van der Waals surface area contributed by atoms with Gasteiger partial charge in [-0.2, -0.15) is 0 Å². The van der Waals surface area contributed by atoms with Crippen molar-refractivity contribution in [1.82, 2.24) is 10.2 Å². The fourth-order valence-corrected chi connectivity index (χ4v) is 3.84. The molecule has 5 nitrogen and oxygen atoms in total. The van der Waals surface area contributed by atoms with Crippen LogP contribution in [0.4, 0.5) is 9.18 Å². The fraction of sp³-hybridized carbons (Fsp3) is 0.105. The number of carbonyl (C=O) groups is 3. The van der Waals surface area contributed by atoms with Crippen molar-refractivity contribution in [3.05, 3.63) is 74.0 Å². The topological polar surface area (TPSA) is 66.5 Å². The van der Waals surface area contributed by atoms with Crippen molar-refractivity contribution in [3.8, 4) is 0 Å². The predicted molar refractivity (Wildman–Crippen MR) is 111 cm³/mol. The van der Waals surface area contributed by atoms with Gasteiger partial charge >= 0.3 is 0 Å². The van der Waals surface area contributed by atoms with Crippen molar-refractivity contribution in [2.75, 3.05) is 13.1 Å². The van der Waals surface area contributed by atoms with Gasteiger partial charge < -0.3 is 5.32 Å². The van der Waals surface area contributed by atoms with E-state index < -0.39 is 17.0 Å². The van der Waals surface area contributed by atoms with Crippen LogP contribution in [-0.4, -0.2) is 35.0 Å². The molecule has 138 valence electrons. The lowest BCUT2D eigenvalue weighted by Crippen LogP contribution is -2.37. The highest BCUT2D eigenvalue weighted by molar-refractivity contribution is 14.1. The smallest absolute Gasteiger partial charge is 0.293 e. The Balaban J connectivity index is 1.61. The minimum absolute atomic E-state index is 0.0505. The van der Waals surface area contributed by atoms with Crippen molar-refractivity contribution < 1.29 is 18.8 Å². The van der Waals surface area contributed by atoms with Crippen LogP contribution in [0, 0.1) is 9.39 Å². The molecule has 0 bridgehead atoms. The molecule has 0 atom stereocenters. The van der Waals surface area contributed by atoms with E-state index in [2.05, 4.69) is 27.9 Å². The number of halogens is 2. The molecular formula is C19H14FIN2O3S. The number of benzene rings is 2. The lowest BCUT2D eigenvalue weighted by Gasteiger charge is -2.13. The van der Waals surface area contributed by atoms with E-state index in [0.29, 0.717) is 5.56 Å². The molecule has 3 amide bonds. The first-order chi connectivity index (χ1) is 13.0. The minimum Gasteiger partial charge on any atom is -0.350 e. The number of carbonyl (C=O) groups excluding carboxylic acids is 3.